The van der Waals surface area contributed by atoms with Gasteiger partial charge in [0.2, 0.25) is 0 Å². The number of benzene rings is 2. The summed E-state index contributed by atoms with van der Waals surface area (Å²) in [6.45, 7) is 3.64. The van der Waals surface area contributed by atoms with E-state index in [1.807, 2.05) is 37.3 Å². The molecule has 0 atom stereocenters. The monoisotopic (exact) mass is 411 g/mol. The molecule has 3 rings (SSSR count). The van der Waals surface area contributed by atoms with Crippen LogP contribution in [-0.4, -0.2) is 50.3 Å². The van der Waals surface area contributed by atoms with Crippen LogP contribution in [0.2, 0.25) is 0 Å². The van der Waals surface area contributed by atoms with Crippen LogP contribution in [0.3, 0.4) is 0 Å². The van der Waals surface area contributed by atoms with Crippen molar-refractivity contribution in [1.82, 2.24) is 4.90 Å². The Labute approximate surface area is 175 Å². The SMILES string of the molecule is CCOc1ccc(CN(C)C(=O)COC(=O)/C=C/c2ccc3c(c2)OCCO3)cc1. The van der Waals surface area contributed by atoms with E-state index in [9.17, 15) is 9.59 Å². The first-order chi connectivity index (χ1) is 14.5. The first-order valence-corrected chi connectivity index (χ1v) is 9.75. The van der Waals surface area contributed by atoms with Gasteiger partial charge in [-0.3, -0.25) is 4.79 Å². The molecule has 0 bridgehead atoms. The van der Waals surface area contributed by atoms with Crippen molar-refractivity contribution in [2.45, 2.75) is 13.5 Å². The number of ether oxygens (including phenoxy) is 4. The van der Waals surface area contributed by atoms with Gasteiger partial charge in [0.25, 0.3) is 5.91 Å². The fraction of sp³-hybridized carbons (Fsp3) is 0.304. The number of fused-ring (bicyclic) bond motifs is 1. The Hall–Kier alpha value is -3.48. The van der Waals surface area contributed by atoms with Crippen LogP contribution in [0.4, 0.5) is 0 Å². The summed E-state index contributed by atoms with van der Waals surface area (Å²) in [6.07, 6.45) is 2.89. The second-order valence-corrected chi connectivity index (χ2v) is 6.67. The van der Waals surface area contributed by atoms with E-state index in [4.69, 9.17) is 18.9 Å². The predicted molar refractivity (Wildman–Crippen MR) is 112 cm³/mol. The van der Waals surface area contributed by atoms with Gasteiger partial charge in [0.1, 0.15) is 19.0 Å². The first-order valence-electron chi connectivity index (χ1n) is 9.75. The average molecular weight is 411 g/mol. The van der Waals surface area contributed by atoms with E-state index in [1.54, 1.807) is 25.3 Å². The quantitative estimate of drug-likeness (QED) is 0.491. The van der Waals surface area contributed by atoms with Crippen LogP contribution < -0.4 is 14.2 Å². The summed E-state index contributed by atoms with van der Waals surface area (Å²) in [5.74, 6) is 1.23. The molecule has 1 amide bonds. The molecule has 7 heteroatoms. The summed E-state index contributed by atoms with van der Waals surface area (Å²) in [4.78, 5) is 25.7. The lowest BCUT2D eigenvalue weighted by Gasteiger charge is -2.18. The molecule has 2 aromatic carbocycles. The lowest BCUT2D eigenvalue weighted by Crippen LogP contribution is -2.30. The van der Waals surface area contributed by atoms with E-state index in [0.29, 0.717) is 37.9 Å². The molecule has 0 spiro atoms. The van der Waals surface area contributed by atoms with Crippen LogP contribution in [0, 0.1) is 0 Å². The van der Waals surface area contributed by atoms with Crippen molar-refractivity contribution in [2.75, 3.05) is 33.5 Å². The highest BCUT2D eigenvalue weighted by atomic mass is 16.6. The summed E-state index contributed by atoms with van der Waals surface area (Å²) in [5.41, 5.74) is 1.73. The maximum absolute atomic E-state index is 12.2. The number of esters is 1. The average Bonchev–Trinajstić information content (AvgIpc) is 2.77. The molecular formula is C23H25NO6. The zero-order valence-corrected chi connectivity index (χ0v) is 17.1. The lowest BCUT2D eigenvalue weighted by molar-refractivity contribution is -0.147. The number of amides is 1. The predicted octanol–water partition coefficient (Wildman–Crippen LogP) is 3.07. The van der Waals surface area contributed by atoms with Crippen LogP contribution in [0.25, 0.3) is 6.08 Å². The van der Waals surface area contributed by atoms with Crippen molar-refractivity contribution in [3.05, 3.63) is 59.7 Å². The number of hydrogen-bond donors (Lipinski definition) is 0. The molecule has 30 heavy (non-hydrogen) atoms. The van der Waals surface area contributed by atoms with Gasteiger partial charge in [-0.1, -0.05) is 18.2 Å². The second kappa shape index (κ2) is 10.3. The molecular weight excluding hydrogens is 386 g/mol. The van der Waals surface area contributed by atoms with E-state index in [0.717, 1.165) is 16.9 Å². The van der Waals surface area contributed by atoms with Gasteiger partial charge in [-0.05, 0) is 48.4 Å². The van der Waals surface area contributed by atoms with E-state index >= 15 is 0 Å². The summed E-state index contributed by atoms with van der Waals surface area (Å²) in [6, 6.07) is 12.9. The Morgan fingerprint density at radius 2 is 1.80 bits per heavy atom. The molecule has 1 heterocycles. The minimum atomic E-state index is -0.590. The van der Waals surface area contributed by atoms with E-state index < -0.39 is 5.97 Å². The Bertz CT molecular complexity index is 906. The summed E-state index contributed by atoms with van der Waals surface area (Å²) in [7, 11) is 1.66. The number of rotatable bonds is 8. The highest BCUT2D eigenvalue weighted by Gasteiger charge is 2.13. The number of likely N-dealkylation sites (N-methyl/N-ethyl adjacent to an activating group) is 1. The fourth-order valence-corrected chi connectivity index (χ4v) is 2.84. The van der Waals surface area contributed by atoms with Crippen molar-refractivity contribution in [1.29, 1.82) is 0 Å². The van der Waals surface area contributed by atoms with E-state index in [-0.39, 0.29) is 12.5 Å². The van der Waals surface area contributed by atoms with Crippen LogP contribution in [0.5, 0.6) is 17.2 Å². The minimum Gasteiger partial charge on any atom is -0.494 e. The van der Waals surface area contributed by atoms with Gasteiger partial charge in [0.15, 0.2) is 18.1 Å². The van der Waals surface area contributed by atoms with Gasteiger partial charge >= 0.3 is 5.97 Å². The molecule has 0 saturated heterocycles. The standard InChI is InChI=1S/C23H25NO6/c1-3-27-19-8-4-18(5-9-19)15-24(2)22(25)16-30-23(26)11-7-17-6-10-20-21(14-17)29-13-12-28-20/h4-11,14H,3,12-13,15-16H2,1-2H3/b11-7+. The molecule has 0 radical (unpaired) electrons. The number of nitrogens with zero attached hydrogens (tertiary/aromatic N) is 1. The molecule has 1 aliphatic heterocycles. The molecule has 2 aromatic rings. The van der Waals surface area contributed by atoms with Crippen molar-refractivity contribution in [3.63, 3.8) is 0 Å². The molecule has 7 nitrogen and oxygen atoms in total. The number of carbonyl (C=O) groups excluding carboxylic acids is 2. The Morgan fingerprint density at radius 3 is 2.53 bits per heavy atom. The third-order valence-electron chi connectivity index (χ3n) is 4.40. The summed E-state index contributed by atoms with van der Waals surface area (Å²) >= 11 is 0. The molecule has 0 N–H and O–H groups in total. The minimum absolute atomic E-state index is 0.287. The topological polar surface area (TPSA) is 74.3 Å². The molecule has 158 valence electrons. The molecule has 0 saturated carbocycles. The van der Waals surface area contributed by atoms with Crippen LogP contribution in [-0.2, 0) is 20.9 Å². The lowest BCUT2D eigenvalue weighted by atomic mass is 10.2. The maximum Gasteiger partial charge on any atom is 0.331 e. The summed E-state index contributed by atoms with van der Waals surface area (Å²) in [5, 5.41) is 0. The van der Waals surface area contributed by atoms with Crippen molar-refractivity contribution in [2.24, 2.45) is 0 Å². The van der Waals surface area contributed by atoms with Crippen LogP contribution in [0.1, 0.15) is 18.1 Å². The van der Waals surface area contributed by atoms with Gasteiger partial charge in [-0.2, -0.15) is 0 Å². The second-order valence-electron chi connectivity index (χ2n) is 6.67. The van der Waals surface area contributed by atoms with Gasteiger partial charge in [0, 0.05) is 19.7 Å². The number of carbonyl (C=O) groups is 2. The Balaban J connectivity index is 1.45. The third-order valence-corrected chi connectivity index (χ3v) is 4.40. The van der Waals surface area contributed by atoms with E-state index in [2.05, 4.69) is 0 Å². The zero-order valence-electron chi connectivity index (χ0n) is 17.1. The van der Waals surface area contributed by atoms with Gasteiger partial charge < -0.3 is 23.8 Å². The first kappa shape index (κ1) is 21.2. The maximum atomic E-state index is 12.2. The Morgan fingerprint density at radius 1 is 1.07 bits per heavy atom. The van der Waals surface area contributed by atoms with Gasteiger partial charge in [-0.25, -0.2) is 4.79 Å². The molecule has 0 fully saturated rings. The van der Waals surface area contributed by atoms with Crippen molar-refractivity contribution < 1.29 is 28.5 Å². The normalized spacial score (nSPS) is 12.5. The largest absolute Gasteiger partial charge is 0.494 e. The highest BCUT2D eigenvalue weighted by molar-refractivity contribution is 5.89. The van der Waals surface area contributed by atoms with Gasteiger partial charge in [0.05, 0.1) is 6.61 Å². The molecule has 0 aliphatic carbocycles. The fourth-order valence-electron chi connectivity index (χ4n) is 2.84. The third kappa shape index (κ3) is 6.01. The number of hydrogen-bond acceptors (Lipinski definition) is 6. The van der Waals surface area contributed by atoms with Crippen molar-refractivity contribution >= 4 is 18.0 Å². The van der Waals surface area contributed by atoms with Crippen LogP contribution in [0.15, 0.2) is 48.5 Å². The highest BCUT2D eigenvalue weighted by Crippen LogP contribution is 2.31. The smallest absolute Gasteiger partial charge is 0.331 e. The van der Waals surface area contributed by atoms with Crippen molar-refractivity contribution in [3.8, 4) is 17.2 Å². The zero-order chi connectivity index (χ0) is 21.3. The van der Waals surface area contributed by atoms with Crippen LogP contribution >= 0.6 is 0 Å². The molecule has 0 unspecified atom stereocenters. The van der Waals surface area contributed by atoms with Gasteiger partial charge in [-0.15, -0.1) is 0 Å². The van der Waals surface area contributed by atoms with E-state index in [1.165, 1.54) is 11.0 Å². The molecule has 1 aliphatic rings. The molecule has 0 aromatic heterocycles. The Kier molecular flexibility index (Phi) is 7.32. The summed E-state index contributed by atoms with van der Waals surface area (Å²) < 4.78 is 21.4.